The van der Waals surface area contributed by atoms with E-state index in [4.69, 9.17) is 9.52 Å². The first-order chi connectivity index (χ1) is 15.4. The molecule has 0 radical (unpaired) electrons. The minimum Gasteiger partial charge on any atom is -0.478 e. The van der Waals surface area contributed by atoms with Gasteiger partial charge in [-0.1, -0.05) is 0 Å². The number of alkyl halides is 1. The van der Waals surface area contributed by atoms with Gasteiger partial charge in [0.2, 0.25) is 0 Å². The molecule has 2 atom stereocenters. The Hall–Kier alpha value is -3.13. The number of halogens is 3. The summed E-state index contributed by atoms with van der Waals surface area (Å²) in [7, 11) is 0. The van der Waals surface area contributed by atoms with Crippen LogP contribution in [0.25, 0.3) is 17.2 Å². The largest absolute Gasteiger partial charge is 0.478 e. The summed E-state index contributed by atoms with van der Waals surface area (Å²) < 4.78 is 51.2. The molecule has 3 aromatic rings. The molecule has 33 heavy (non-hydrogen) atoms. The molecule has 1 aromatic heterocycles. The van der Waals surface area contributed by atoms with Gasteiger partial charge in [-0.3, -0.25) is 4.90 Å². The smallest absolute Gasteiger partial charge is 0.328 e. The van der Waals surface area contributed by atoms with Crippen LogP contribution in [0.3, 0.4) is 0 Å². The maximum Gasteiger partial charge on any atom is 0.328 e. The van der Waals surface area contributed by atoms with Crippen LogP contribution in [0.4, 0.5) is 13.2 Å². The van der Waals surface area contributed by atoms with Gasteiger partial charge in [0, 0.05) is 31.1 Å². The molecule has 0 aliphatic carbocycles. The highest BCUT2D eigenvalue weighted by Crippen LogP contribution is 2.42. The van der Waals surface area contributed by atoms with E-state index < -0.39 is 29.3 Å². The van der Waals surface area contributed by atoms with Crippen LogP contribution in [0.2, 0.25) is 0 Å². The zero-order valence-electron chi connectivity index (χ0n) is 18.8. The van der Waals surface area contributed by atoms with E-state index in [0.29, 0.717) is 29.0 Å². The molecule has 174 valence electrons. The van der Waals surface area contributed by atoms with Gasteiger partial charge in [-0.25, -0.2) is 22.9 Å². The molecule has 1 aliphatic heterocycles. The topological polar surface area (TPSA) is 66.6 Å². The second-order valence-corrected chi connectivity index (χ2v) is 9.17. The number of hydrogen-bond donors (Lipinski definition) is 1. The van der Waals surface area contributed by atoms with Gasteiger partial charge in [-0.05, 0) is 74.2 Å². The Morgan fingerprint density at radius 2 is 1.94 bits per heavy atom. The van der Waals surface area contributed by atoms with Crippen molar-refractivity contribution in [1.29, 1.82) is 0 Å². The lowest BCUT2D eigenvalue weighted by Gasteiger charge is -2.44. The Morgan fingerprint density at radius 3 is 2.55 bits per heavy atom. The molecule has 0 spiro atoms. The molecule has 0 fully saturated rings. The number of aromatic nitrogens is 1. The van der Waals surface area contributed by atoms with E-state index in [1.54, 1.807) is 17.9 Å². The molecule has 0 bridgehead atoms. The van der Waals surface area contributed by atoms with Crippen molar-refractivity contribution in [3.63, 3.8) is 0 Å². The number of carbonyl (C=O) groups is 1. The van der Waals surface area contributed by atoms with Crippen LogP contribution >= 0.6 is 0 Å². The van der Waals surface area contributed by atoms with Gasteiger partial charge in [-0.2, -0.15) is 0 Å². The van der Waals surface area contributed by atoms with E-state index >= 15 is 8.78 Å². The summed E-state index contributed by atoms with van der Waals surface area (Å²) in [6.07, 6.45) is 2.49. The normalized spacial score (nSPS) is 19.4. The molecule has 0 amide bonds. The third-order valence-electron chi connectivity index (χ3n) is 5.82. The Morgan fingerprint density at radius 1 is 1.27 bits per heavy atom. The van der Waals surface area contributed by atoms with Gasteiger partial charge in [0.05, 0.1) is 6.04 Å². The summed E-state index contributed by atoms with van der Waals surface area (Å²) in [5.41, 5.74) is 0.927. The van der Waals surface area contributed by atoms with E-state index in [-0.39, 0.29) is 23.7 Å². The van der Waals surface area contributed by atoms with Gasteiger partial charge >= 0.3 is 5.97 Å². The average molecular weight is 458 g/mol. The number of oxazole rings is 1. The van der Waals surface area contributed by atoms with Crippen molar-refractivity contribution < 1.29 is 27.5 Å². The molecule has 4 rings (SSSR count). The van der Waals surface area contributed by atoms with E-state index in [2.05, 4.69) is 4.98 Å². The SMILES string of the molecule is Cc1nc2cc3c(cc2o1)C[C@@H](C)N(CC(C)(C)F)[C@@H]3c1c(F)cc(/C=C/C(=O)O)cc1F. The van der Waals surface area contributed by atoms with E-state index in [0.717, 1.165) is 29.8 Å². The first kappa shape index (κ1) is 23.0. The summed E-state index contributed by atoms with van der Waals surface area (Å²) in [6.45, 7) is 6.46. The fraction of sp³-hybridized carbons (Fsp3) is 0.360. The highest BCUT2D eigenvalue weighted by molar-refractivity contribution is 5.85. The number of benzene rings is 2. The van der Waals surface area contributed by atoms with Crippen molar-refractivity contribution in [2.75, 3.05) is 6.54 Å². The van der Waals surface area contributed by atoms with Crippen molar-refractivity contribution in [3.05, 3.63) is 70.1 Å². The predicted octanol–water partition coefficient (Wildman–Crippen LogP) is 5.60. The lowest BCUT2D eigenvalue weighted by molar-refractivity contribution is -0.131. The average Bonchev–Trinajstić information content (AvgIpc) is 3.04. The van der Waals surface area contributed by atoms with Crippen LogP contribution in [0, 0.1) is 18.6 Å². The molecule has 0 saturated carbocycles. The maximum absolute atomic E-state index is 15.4. The van der Waals surface area contributed by atoms with Crippen LogP contribution in [-0.2, 0) is 11.2 Å². The fourth-order valence-electron chi connectivity index (χ4n) is 4.58. The number of nitrogens with zero attached hydrogens (tertiary/aromatic N) is 2. The van der Waals surface area contributed by atoms with Gasteiger partial charge in [0.15, 0.2) is 11.5 Å². The molecule has 8 heteroatoms. The van der Waals surface area contributed by atoms with Crippen LogP contribution in [0.5, 0.6) is 0 Å². The Kier molecular flexibility index (Phi) is 5.82. The second kappa shape index (κ2) is 8.33. The van der Waals surface area contributed by atoms with Gasteiger partial charge in [-0.15, -0.1) is 0 Å². The first-order valence-corrected chi connectivity index (χ1v) is 10.7. The molecular formula is C25H25F3N2O3. The summed E-state index contributed by atoms with van der Waals surface area (Å²) in [5.74, 6) is -2.41. The number of aryl methyl sites for hydroxylation is 1. The minimum atomic E-state index is -1.60. The van der Waals surface area contributed by atoms with Crippen molar-refractivity contribution in [2.24, 2.45) is 0 Å². The lowest BCUT2D eigenvalue weighted by Crippen LogP contribution is -2.48. The van der Waals surface area contributed by atoms with E-state index in [1.807, 2.05) is 13.0 Å². The molecule has 2 heterocycles. The molecule has 1 aliphatic rings. The summed E-state index contributed by atoms with van der Waals surface area (Å²) in [5, 5.41) is 8.81. The fourth-order valence-corrected chi connectivity index (χ4v) is 4.58. The number of rotatable bonds is 5. The summed E-state index contributed by atoms with van der Waals surface area (Å²) in [6, 6.07) is 4.68. The quantitative estimate of drug-likeness (QED) is 0.505. The van der Waals surface area contributed by atoms with Gasteiger partial charge in [0.1, 0.15) is 22.8 Å². The van der Waals surface area contributed by atoms with E-state index in [1.165, 1.54) is 13.8 Å². The molecule has 0 saturated heterocycles. The monoisotopic (exact) mass is 458 g/mol. The molecule has 0 unspecified atom stereocenters. The Labute approximate surface area is 189 Å². The maximum atomic E-state index is 15.4. The van der Waals surface area contributed by atoms with Crippen molar-refractivity contribution in [1.82, 2.24) is 9.88 Å². The molecule has 1 N–H and O–H groups in total. The number of aliphatic carboxylic acids is 1. The van der Waals surface area contributed by atoms with Crippen molar-refractivity contribution in [3.8, 4) is 0 Å². The number of fused-ring (bicyclic) bond motifs is 2. The Balaban J connectivity index is 1.92. The minimum absolute atomic E-state index is 0.0340. The summed E-state index contributed by atoms with van der Waals surface area (Å²) in [4.78, 5) is 16.9. The van der Waals surface area contributed by atoms with Crippen LogP contribution < -0.4 is 0 Å². The standard InChI is InChI=1S/C25H25F3N2O3/c1-13-7-16-10-21-20(29-14(2)33-21)11-17(16)24(30(13)12-25(3,4)28)23-18(26)8-15(9-19(23)27)5-6-22(31)32/h5-6,8-11,13,24H,7,12H2,1-4H3,(H,31,32)/b6-5+/t13-,24+/m1/s1. The van der Waals surface area contributed by atoms with Gasteiger partial charge in [0.25, 0.3) is 0 Å². The zero-order chi connectivity index (χ0) is 24.1. The highest BCUT2D eigenvalue weighted by atomic mass is 19.1. The van der Waals surface area contributed by atoms with Crippen molar-refractivity contribution in [2.45, 2.75) is 51.9 Å². The molecule has 2 aromatic carbocycles. The third-order valence-corrected chi connectivity index (χ3v) is 5.82. The lowest BCUT2D eigenvalue weighted by atomic mass is 9.83. The molecule has 5 nitrogen and oxygen atoms in total. The highest BCUT2D eigenvalue weighted by Gasteiger charge is 2.39. The zero-order valence-corrected chi connectivity index (χ0v) is 18.8. The number of hydrogen-bond acceptors (Lipinski definition) is 4. The number of carboxylic acid groups (broad SMARTS) is 1. The van der Waals surface area contributed by atoms with Crippen LogP contribution in [-0.4, -0.2) is 39.2 Å². The number of carboxylic acids is 1. The first-order valence-electron chi connectivity index (χ1n) is 10.7. The third kappa shape index (κ3) is 4.66. The van der Waals surface area contributed by atoms with Crippen LogP contribution in [0.15, 0.2) is 34.8 Å². The van der Waals surface area contributed by atoms with Crippen molar-refractivity contribution >= 4 is 23.1 Å². The van der Waals surface area contributed by atoms with Crippen LogP contribution in [0.1, 0.15) is 55.0 Å². The van der Waals surface area contributed by atoms with E-state index in [9.17, 15) is 9.18 Å². The Bertz CT molecular complexity index is 1240. The predicted molar refractivity (Wildman–Crippen MR) is 119 cm³/mol. The van der Waals surface area contributed by atoms with Gasteiger partial charge < -0.3 is 9.52 Å². The molecular weight excluding hydrogens is 433 g/mol. The second-order valence-electron chi connectivity index (χ2n) is 9.17. The summed E-state index contributed by atoms with van der Waals surface area (Å²) >= 11 is 0.